The zero-order chi connectivity index (χ0) is 23.8. The van der Waals surface area contributed by atoms with Crippen molar-refractivity contribution in [3.63, 3.8) is 0 Å². The van der Waals surface area contributed by atoms with E-state index in [1.165, 1.54) is 28.6 Å². The van der Waals surface area contributed by atoms with Gasteiger partial charge in [0.2, 0.25) is 10.0 Å². The van der Waals surface area contributed by atoms with Crippen LogP contribution < -0.4 is 14.8 Å². The van der Waals surface area contributed by atoms with Crippen molar-refractivity contribution >= 4 is 21.9 Å². The molecular weight excluding hydrogens is 448 g/mol. The predicted molar refractivity (Wildman–Crippen MR) is 121 cm³/mol. The van der Waals surface area contributed by atoms with Gasteiger partial charge in [0.1, 0.15) is 13.2 Å². The third kappa shape index (κ3) is 6.23. The first-order valence-electron chi connectivity index (χ1n) is 10.8. The topological polar surface area (TPSA) is 111 Å². The largest absolute Gasteiger partial charge is 0.486 e. The van der Waals surface area contributed by atoms with Crippen molar-refractivity contribution < 1.29 is 32.2 Å². The lowest BCUT2D eigenvalue weighted by atomic mass is 10.1. The second-order valence-corrected chi connectivity index (χ2v) is 9.21. The van der Waals surface area contributed by atoms with Crippen LogP contribution in [-0.2, 0) is 26.0 Å². The van der Waals surface area contributed by atoms with E-state index in [0.717, 1.165) is 5.56 Å². The Morgan fingerprint density at radius 1 is 1.00 bits per heavy atom. The van der Waals surface area contributed by atoms with Gasteiger partial charge in [0.15, 0.2) is 18.1 Å². The highest BCUT2D eigenvalue weighted by atomic mass is 32.2. The number of nitrogens with zero attached hydrogens (tertiary/aromatic N) is 1. The number of sulfonamides is 1. The van der Waals surface area contributed by atoms with E-state index in [1.54, 1.807) is 13.8 Å². The van der Waals surface area contributed by atoms with Crippen molar-refractivity contribution in [3.05, 3.63) is 53.6 Å². The van der Waals surface area contributed by atoms with Crippen LogP contribution in [0.25, 0.3) is 0 Å². The number of rotatable bonds is 10. The normalized spacial score (nSPS) is 12.9. The summed E-state index contributed by atoms with van der Waals surface area (Å²) in [5.41, 5.74) is 1.15. The minimum Gasteiger partial charge on any atom is -0.486 e. The Balaban J connectivity index is 1.45. The molecule has 1 amide bonds. The van der Waals surface area contributed by atoms with Gasteiger partial charge in [-0.1, -0.05) is 19.9 Å². The minimum absolute atomic E-state index is 0.0969. The van der Waals surface area contributed by atoms with Gasteiger partial charge in [0.05, 0.1) is 10.5 Å². The summed E-state index contributed by atoms with van der Waals surface area (Å²) in [4.78, 5) is 24.3. The highest BCUT2D eigenvalue weighted by Crippen LogP contribution is 2.30. The highest BCUT2D eigenvalue weighted by molar-refractivity contribution is 7.89. The Morgan fingerprint density at radius 3 is 2.33 bits per heavy atom. The number of fused-ring (bicyclic) bond motifs is 1. The van der Waals surface area contributed by atoms with E-state index in [9.17, 15) is 18.0 Å². The van der Waals surface area contributed by atoms with Crippen molar-refractivity contribution in [1.29, 1.82) is 0 Å². The fourth-order valence-corrected chi connectivity index (χ4v) is 4.79. The van der Waals surface area contributed by atoms with Gasteiger partial charge in [-0.2, -0.15) is 4.31 Å². The van der Waals surface area contributed by atoms with Crippen molar-refractivity contribution in [2.24, 2.45) is 0 Å². The summed E-state index contributed by atoms with van der Waals surface area (Å²) in [6, 6.07) is 11.1. The first-order chi connectivity index (χ1) is 15.8. The number of benzene rings is 2. The molecule has 1 aliphatic heterocycles. The van der Waals surface area contributed by atoms with Crippen molar-refractivity contribution in [1.82, 2.24) is 9.62 Å². The van der Waals surface area contributed by atoms with E-state index >= 15 is 0 Å². The van der Waals surface area contributed by atoms with Crippen molar-refractivity contribution in [2.75, 3.05) is 39.5 Å². The number of carbonyl (C=O) groups is 2. The fraction of sp³-hybridized carbons (Fsp3) is 0.391. The average Bonchev–Trinajstić information content (AvgIpc) is 2.83. The molecule has 33 heavy (non-hydrogen) atoms. The first-order valence-corrected chi connectivity index (χ1v) is 12.2. The fourth-order valence-electron chi connectivity index (χ4n) is 3.33. The van der Waals surface area contributed by atoms with E-state index in [2.05, 4.69) is 5.32 Å². The molecule has 178 valence electrons. The molecule has 1 aliphatic rings. The molecule has 0 bridgehead atoms. The summed E-state index contributed by atoms with van der Waals surface area (Å²) < 4.78 is 42.4. The highest BCUT2D eigenvalue weighted by Gasteiger charge is 2.22. The molecule has 2 aromatic rings. The van der Waals surface area contributed by atoms with E-state index < -0.39 is 28.5 Å². The summed E-state index contributed by atoms with van der Waals surface area (Å²) in [5.74, 6) is 0.264. The van der Waals surface area contributed by atoms with Gasteiger partial charge in [0, 0.05) is 19.6 Å². The molecule has 3 rings (SSSR count). The molecule has 0 atom stereocenters. The molecule has 0 unspecified atom stereocenters. The van der Waals surface area contributed by atoms with Crippen LogP contribution in [0.4, 0.5) is 0 Å². The Hall–Kier alpha value is -3.11. The zero-order valence-corrected chi connectivity index (χ0v) is 19.5. The van der Waals surface area contributed by atoms with Crippen LogP contribution in [0.5, 0.6) is 11.5 Å². The van der Waals surface area contributed by atoms with Gasteiger partial charge in [-0.05, 0) is 48.4 Å². The van der Waals surface area contributed by atoms with Crippen LogP contribution in [0.3, 0.4) is 0 Å². The lowest BCUT2D eigenvalue weighted by Gasteiger charge is -2.18. The minimum atomic E-state index is -3.61. The summed E-state index contributed by atoms with van der Waals surface area (Å²) in [6.45, 7) is 5.20. The number of esters is 1. The Morgan fingerprint density at radius 2 is 1.67 bits per heavy atom. The number of carbonyl (C=O) groups excluding carboxylic acids is 2. The standard InChI is InChI=1S/C23H28N2O7S/c1-3-25(4-2)33(28,29)19-8-6-18(7-9-19)23(27)32-16-22(26)24-12-11-17-5-10-20-21(15-17)31-14-13-30-20/h5-10,15H,3-4,11-14,16H2,1-2H3,(H,24,26). The van der Waals surface area contributed by atoms with Crippen LogP contribution in [0.15, 0.2) is 47.4 Å². The van der Waals surface area contributed by atoms with E-state index in [4.69, 9.17) is 14.2 Å². The van der Waals surface area contributed by atoms with E-state index in [1.807, 2.05) is 18.2 Å². The average molecular weight is 477 g/mol. The second-order valence-electron chi connectivity index (χ2n) is 7.27. The van der Waals surface area contributed by atoms with E-state index in [-0.39, 0.29) is 10.5 Å². The lowest BCUT2D eigenvalue weighted by molar-refractivity contribution is -0.124. The summed E-state index contributed by atoms with van der Waals surface area (Å²) in [6.07, 6.45) is 0.582. The van der Waals surface area contributed by atoms with Crippen LogP contribution in [0.2, 0.25) is 0 Å². The maximum atomic E-state index is 12.5. The van der Waals surface area contributed by atoms with Crippen LogP contribution in [0.1, 0.15) is 29.8 Å². The molecule has 1 N–H and O–H groups in total. The van der Waals surface area contributed by atoms with Crippen LogP contribution in [0, 0.1) is 0 Å². The molecule has 0 saturated heterocycles. The maximum absolute atomic E-state index is 12.5. The Labute approximate surface area is 193 Å². The first kappa shape index (κ1) is 24.5. The van der Waals surface area contributed by atoms with Gasteiger partial charge >= 0.3 is 5.97 Å². The zero-order valence-electron chi connectivity index (χ0n) is 18.7. The van der Waals surface area contributed by atoms with Crippen LogP contribution in [-0.4, -0.2) is 64.1 Å². The van der Waals surface area contributed by atoms with Crippen molar-refractivity contribution in [3.8, 4) is 11.5 Å². The van der Waals surface area contributed by atoms with Gasteiger partial charge in [-0.3, -0.25) is 4.79 Å². The van der Waals surface area contributed by atoms with Crippen LogP contribution >= 0.6 is 0 Å². The summed E-state index contributed by atoms with van der Waals surface area (Å²) in [5, 5.41) is 2.70. The third-order valence-electron chi connectivity index (χ3n) is 5.11. The second kappa shape index (κ2) is 11.2. The van der Waals surface area contributed by atoms with Gasteiger partial charge < -0.3 is 19.5 Å². The number of hydrogen-bond donors (Lipinski definition) is 1. The number of hydrogen-bond acceptors (Lipinski definition) is 7. The molecule has 1 heterocycles. The van der Waals surface area contributed by atoms with Gasteiger partial charge in [0.25, 0.3) is 5.91 Å². The smallest absolute Gasteiger partial charge is 0.338 e. The molecule has 0 spiro atoms. The Kier molecular flexibility index (Phi) is 8.29. The third-order valence-corrected chi connectivity index (χ3v) is 7.17. The predicted octanol–water partition coefficient (Wildman–Crippen LogP) is 2.00. The van der Waals surface area contributed by atoms with E-state index in [0.29, 0.717) is 50.8 Å². The Bertz CT molecular complexity index is 1080. The van der Waals surface area contributed by atoms with Gasteiger partial charge in [-0.25, -0.2) is 13.2 Å². The SMILES string of the molecule is CCN(CC)S(=O)(=O)c1ccc(C(=O)OCC(=O)NCCc2ccc3c(c2)OCCO3)cc1. The maximum Gasteiger partial charge on any atom is 0.338 e. The molecule has 0 fully saturated rings. The summed E-state index contributed by atoms with van der Waals surface area (Å²) in [7, 11) is -3.61. The molecule has 0 aliphatic carbocycles. The number of ether oxygens (including phenoxy) is 3. The summed E-state index contributed by atoms with van der Waals surface area (Å²) >= 11 is 0. The van der Waals surface area contributed by atoms with Crippen molar-refractivity contribution in [2.45, 2.75) is 25.2 Å². The molecular formula is C23H28N2O7S. The van der Waals surface area contributed by atoms with Gasteiger partial charge in [-0.15, -0.1) is 0 Å². The molecule has 2 aromatic carbocycles. The molecule has 0 aromatic heterocycles. The number of amides is 1. The number of nitrogens with one attached hydrogen (secondary N) is 1. The molecule has 0 saturated carbocycles. The quantitative estimate of drug-likeness (QED) is 0.522. The monoisotopic (exact) mass is 476 g/mol. The molecule has 0 radical (unpaired) electrons. The molecule has 10 heteroatoms. The molecule has 9 nitrogen and oxygen atoms in total. The lowest BCUT2D eigenvalue weighted by Crippen LogP contribution is -2.31.